The van der Waals surface area contributed by atoms with E-state index >= 15 is 0 Å². The molecule has 0 aliphatic rings. The molecule has 14 heavy (non-hydrogen) atoms. The van der Waals surface area contributed by atoms with Gasteiger partial charge in [0.15, 0.2) is 0 Å². The minimum absolute atomic E-state index is 0.489. The first-order chi connectivity index (χ1) is 6.74. The van der Waals surface area contributed by atoms with E-state index in [1.165, 1.54) is 0 Å². The third-order valence-electron chi connectivity index (χ3n) is 2.06. The molecule has 0 radical (unpaired) electrons. The normalized spacial score (nSPS) is 12.4. The van der Waals surface area contributed by atoms with Crippen molar-refractivity contribution in [3.63, 3.8) is 0 Å². The highest BCUT2D eigenvalue weighted by Gasteiger charge is 2.14. The number of hydrogen-bond donors (Lipinski definition) is 2. The zero-order chi connectivity index (χ0) is 10.4. The number of nitrogens with one attached hydrogen (secondary N) is 1. The molecule has 1 rings (SSSR count). The van der Waals surface area contributed by atoms with Crippen LogP contribution in [0.1, 0.15) is 12.1 Å². The van der Waals surface area contributed by atoms with E-state index in [-0.39, 0.29) is 0 Å². The maximum absolute atomic E-state index is 10.7. The number of nitrogens with zero attached hydrogens (tertiary/aromatic N) is 1. The fraction of sp³-hybridized carbons (Fsp3) is 0.400. The second-order valence-corrected chi connectivity index (χ2v) is 3.04. The summed E-state index contributed by atoms with van der Waals surface area (Å²) in [6.45, 7) is 0. The summed E-state index contributed by atoms with van der Waals surface area (Å²) in [7, 11) is 1.65. The van der Waals surface area contributed by atoms with Gasteiger partial charge in [0.25, 0.3) is 0 Å². The van der Waals surface area contributed by atoms with Gasteiger partial charge < -0.3 is 10.4 Å². The average molecular weight is 194 g/mol. The highest BCUT2D eigenvalue weighted by molar-refractivity contribution is 5.73. The molecule has 4 nitrogen and oxygen atoms in total. The van der Waals surface area contributed by atoms with E-state index in [0.29, 0.717) is 12.8 Å². The maximum Gasteiger partial charge on any atom is 0.320 e. The summed E-state index contributed by atoms with van der Waals surface area (Å²) in [5.74, 6) is -0.816. The van der Waals surface area contributed by atoms with Crippen molar-refractivity contribution in [3.05, 3.63) is 30.1 Å². The topological polar surface area (TPSA) is 62.2 Å². The van der Waals surface area contributed by atoms with Gasteiger partial charge in [0.2, 0.25) is 0 Å². The van der Waals surface area contributed by atoms with E-state index in [1.807, 2.05) is 18.2 Å². The molecular formula is C10H14N2O2. The Kier molecular flexibility index (Phi) is 4.07. The van der Waals surface area contributed by atoms with Gasteiger partial charge in [0, 0.05) is 11.9 Å². The van der Waals surface area contributed by atoms with Crippen molar-refractivity contribution in [2.45, 2.75) is 18.9 Å². The van der Waals surface area contributed by atoms with Crippen molar-refractivity contribution >= 4 is 5.97 Å². The Hall–Kier alpha value is -1.42. The third-order valence-corrected chi connectivity index (χ3v) is 2.06. The predicted molar refractivity (Wildman–Crippen MR) is 53.0 cm³/mol. The summed E-state index contributed by atoms with van der Waals surface area (Å²) in [5, 5.41) is 11.5. The maximum atomic E-state index is 10.7. The quantitative estimate of drug-likeness (QED) is 0.723. The van der Waals surface area contributed by atoms with Crippen LogP contribution in [0.25, 0.3) is 0 Å². The molecule has 0 amide bonds. The van der Waals surface area contributed by atoms with Crippen LogP contribution in [0.4, 0.5) is 0 Å². The fourth-order valence-electron chi connectivity index (χ4n) is 1.23. The Morgan fingerprint density at radius 1 is 1.64 bits per heavy atom. The van der Waals surface area contributed by atoms with E-state index in [9.17, 15) is 4.79 Å². The van der Waals surface area contributed by atoms with Gasteiger partial charge in [-0.3, -0.25) is 9.78 Å². The Morgan fingerprint density at radius 3 is 2.93 bits per heavy atom. The van der Waals surface area contributed by atoms with Crippen molar-refractivity contribution in [1.82, 2.24) is 10.3 Å². The van der Waals surface area contributed by atoms with Gasteiger partial charge in [-0.05, 0) is 32.0 Å². The van der Waals surface area contributed by atoms with E-state index in [1.54, 1.807) is 13.2 Å². The predicted octanol–water partition coefficient (Wildman–Crippen LogP) is 0.687. The number of aliphatic carboxylic acids is 1. The molecule has 1 aromatic rings. The second kappa shape index (κ2) is 5.34. The number of pyridine rings is 1. The van der Waals surface area contributed by atoms with Gasteiger partial charge in [-0.2, -0.15) is 0 Å². The van der Waals surface area contributed by atoms with Crippen molar-refractivity contribution in [2.75, 3.05) is 7.05 Å². The second-order valence-electron chi connectivity index (χ2n) is 3.04. The first-order valence-corrected chi connectivity index (χ1v) is 4.54. The van der Waals surface area contributed by atoms with E-state index in [2.05, 4.69) is 10.3 Å². The summed E-state index contributed by atoms with van der Waals surface area (Å²) in [6, 6.07) is 5.15. The zero-order valence-corrected chi connectivity index (χ0v) is 8.10. The molecule has 1 aromatic heterocycles. The molecule has 1 atom stereocenters. The van der Waals surface area contributed by atoms with Gasteiger partial charge in [0.05, 0.1) is 0 Å². The van der Waals surface area contributed by atoms with Crippen LogP contribution in [-0.4, -0.2) is 29.1 Å². The highest BCUT2D eigenvalue weighted by Crippen LogP contribution is 2.01. The fourth-order valence-corrected chi connectivity index (χ4v) is 1.23. The van der Waals surface area contributed by atoms with Crippen LogP contribution in [0.2, 0.25) is 0 Å². The molecule has 76 valence electrons. The van der Waals surface area contributed by atoms with Crippen LogP contribution in [0.3, 0.4) is 0 Å². The minimum atomic E-state index is -0.816. The number of carboxylic acids is 1. The van der Waals surface area contributed by atoms with Crippen molar-refractivity contribution < 1.29 is 9.90 Å². The number of likely N-dealkylation sites (N-methyl/N-ethyl adjacent to an activating group) is 1. The molecule has 1 unspecified atom stereocenters. The van der Waals surface area contributed by atoms with Gasteiger partial charge in [-0.1, -0.05) is 6.07 Å². The van der Waals surface area contributed by atoms with E-state index in [0.717, 1.165) is 5.69 Å². The SMILES string of the molecule is CNC(CCc1ccccn1)C(=O)O. The molecular weight excluding hydrogens is 180 g/mol. The van der Waals surface area contributed by atoms with Crippen LogP contribution in [0.5, 0.6) is 0 Å². The lowest BCUT2D eigenvalue weighted by molar-refractivity contribution is -0.139. The van der Waals surface area contributed by atoms with Gasteiger partial charge in [-0.15, -0.1) is 0 Å². The Morgan fingerprint density at radius 2 is 2.43 bits per heavy atom. The molecule has 0 fully saturated rings. The van der Waals surface area contributed by atoms with Crippen LogP contribution >= 0.6 is 0 Å². The van der Waals surface area contributed by atoms with E-state index < -0.39 is 12.0 Å². The lowest BCUT2D eigenvalue weighted by atomic mass is 10.1. The number of carbonyl (C=O) groups is 1. The Balaban J connectivity index is 2.44. The minimum Gasteiger partial charge on any atom is -0.480 e. The highest BCUT2D eigenvalue weighted by atomic mass is 16.4. The molecule has 4 heteroatoms. The molecule has 0 aliphatic heterocycles. The lowest BCUT2D eigenvalue weighted by Crippen LogP contribution is -2.34. The zero-order valence-electron chi connectivity index (χ0n) is 8.10. The van der Waals surface area contributed by atoms with E-state index in [4.69, 9.17) is 5.11 Å². The van der Waals surface area contributed by atoms with Crippen LogP contribution in [-0.2, 0) is 11.2 Å². The van der Waals surface area contributed by atoms with Gasteiger partial charge >= 0.3 is 5.97 Å². The largest absolute Gasteiger partial charge is 0.480 e. The van der Waals surface area contributed by atoms with Crippen molar-refractivity contribution in [2.24, 2.45) is 0 Å². The average Bonchev–Trinajstić information content (AvgIpc) is 2.20. The molecule has 0 aromatic carbocycles. The smallest absolute Gasteiger partial charge is 0.320 e. The first-order valence-electron chi connectivity index (χ1n) is 4.54. The molecule has 0 spiro atoms. The number of aromatic nitrogens is 1. The van der Waals surface area contributed by atoms with Crippen molar-refractivity contribution in [1.29, 1.82) is 0 Å². The third kappa shape index (κ3) is 3.14. The van der Waals surface area contributed by atoms with Gasteiger partial charge in [0.1, 0.15) is 6.04 Å². The molecule has 1 heterocycles. The summed E-state index contributed by atoms with van der Waals surface area (Å²) >= 11 is 0. The standard InChI is InChI=1S/C10H14N2O2/c1-11-9(10(13)14)6-5-8-4-2-3-7-12-8/h2-4,7,9,11H,5-6H2,1H3,(H,13,14). The molecule has 0 bridgehead atoms. The molecule has 2 N–H and O–H groups in total. The van der Waals surface area contributed by atoms with Crippen molar-refractivity contribution in [3.8, 4) is 0 Å². The first kappa shape index (κ1) is 10.7. The molecule has 0 saturated heterocycles. The van der Waals surface area contributed by atoms with Crippen LogP contribution in [0.15, 0.2) is 24.4 Å². The van der Waals surface area contributed by atoms with Gasteiger partial charge in [-0.25, -0.2) is 0 Å². The monoisotopic (exact) mass is 194 g/mol. The number of hydrogen-bond acceptors (Lipinski definition) is 3. The molecule has 0 aliphatic carbocycles. The lowest BCUT2D eigenvalue weighted by Gasteiger charge is -2.09. The van der Waals surface area contributed by atoms with Crippen LogP contribution < -0.4 is 5.32 Å². The summed E-state index contributed by atoms with van der Waals surface area (Å²) in [6.07, 6.45) is 2.95. The summed E-state index contributed by atoms with van der Waals surface area (Å²) < 4.78 is 0. The summed E-state index contributed by atoms with van der Waals surface area (Å²) in [5.41, 5.74) is 0.925. The summed E-state index contributed by atoms with van der Waals surface area (Å²) in [4.78, 5) is 14.8. The number of rotatable bonds is 5. The molecule has 0 saturated carbocycles. The number of carboxylic acid groups (broad SMARTS) is 1. The Bertz CT molecular complexity index is 287. The Labute approximate surface area is 83.0 Å². The number of aryl methyl sites for hydroxylation is 1. The van der Waals surface area contributed by atoms with Crippen LogP contribution in [0, 0.1) is 0 Å².